The summed E-state index contributed by atoms with van der Waals surface area (Å²) in [5.41, 5.74) is 0.562. The molecule has 14 heteroatoms. The molecular weight excluding hydrogens is 696 g/mol. The number of rotatable bonds is 5. The number of amides is 3. The summed E-state index contributed by atoms with van der Waals surface area (Å²) in [6.45, 7) is 1.41. The van der Waals surface area contributed by atoms with Gasteiger partial charge in [-0.25, -0.2) is 4.68 Å². The van der Waals surface area contributed by atoms with E-state index in [0.29, 0.717) is 27.5 Å². The van der Waals surface area contributed by atoms with Gasteiger partial charge in [-0.15, -0.1) is 5.10 Å². The number of fused-ring (bicyclic) bond motifs is 3. The Morgan fingerprint density at radius 3 is 2.53 bits per heavy atom. The fourth-order valence-corrected chi connectivity index (χ4v) is 8.35. The lowest BCUT2D eigenvalue weighted by atomic mass is 9.74. The van der Waals surface area contributed by atoms with Crippen LogP contribution in [0, 0.1) is 11.8 Å². The molecule has 2 saturated heterocycles. The van der Waals surface area contributed by atoms with Crippen LogP contribution in [0.25, 0.3) is 11.0 Å². The molecule has 4 aliphatic rings. The van der Waals surface area contributed by atoms with E-state index in [1.165, 1.54) is 4.90 Å². The molecule has 256 valence electrons. The SMILES string of the molecule is C[C@@H]1[C@@H](c2ccccc2)OC(=O)[C@@H]2[C@H]3O[C@@]4(C=C3Br)[C@H](C(=O)N(Cn3nnc5ccccc53)C/C=C\CCC(=O)N1C)N(CCO)C(=O)[C@@H]24. The summed E-state index contributed by atoms with van der Waals surface area (Å²) in [5.74, 6) is -3.91. The number of ether oxygens (including phenoxy) is 2. The minimum Gasteiger partial charge on any atom is -0.455 e. The van der Waals surface area contributed by atoms with Crippen molar-refractivity contribution in [1.82, 2.24) is 29.7 Å². The van der Waals surface area contributed by atoms with Gasteiger partial charge in [0, 0.05) is 31.0 Å². The maximum atomic E-state index is 14.8. The maximum Gasteiger partial charge on any atom is 0.313 e. The van der Waals surface area contributed by atoms with Crippen molar-refractivity contribution < 1.29 is 33.8 Å². The molecule has 3 amide bonds. The third-order valence-corrected chi connectivity index (χ3v) is 10.8. The fraction of sp³-hybridized carbons (Fsp3) is 0.429. The summed E-state index contributed by atoms with van der Waals surface area (Å²) in [6, 6.07) is 14.8. The van der Waals surface area contributed by atoms with E-state index in [9.17, 15) is 24.3 Å². The smallest absolute Gasteiger partial charge is 0.313 e. The number of likely N-dealkylation sites (tertiary alicyclic amines) is 1. The lowest BCUT2D eigenvalue weighted by molar-refractivity contribution is -0.164. The molecule has 4 aliphatic heterocycles. The first-order valence-electron chi connectivity index (χ1n) is 16.4. The highest BCUT2D eigenvalue weighted by Crippen LogP contribution is 2.59. The quantitative estimate of drug-likeness (QED) is 0.309. The molecule has 1 aromatic heterocycles. The molecule has 5 heterocycles. The molecule has 1 spiro atoms. The Balaban J connectivity index is 1.32. The first kappa shape index (κ1) is 33.1. The van der Waals surface area contributed by atoms with Crippen LogP contribution in [0.4, 0.5) is 0 Å². The number of cyclic esters (lactones) is 1. The van der Waals surface area contributed by atoms with Crippen molar-refractivity contribution >= 4 is 50.7 Å². The summed E-state index contributed by atoms with van der Waals surface area (Å²) in [4.78, 5) is 61.3. The summed E-state index contributed by atoms with van der Waals surface area (Å²) < 4.78 is 15.0. The van der Waals surface area contributed by atoms with Crippen LogP contribution in [-0.2, 0) is 35.3 Å². The molecule has 0 saturated carbocycles. The monoisotopic (exact) mass is 732 g/mol. The van der Waals surface area contributed by atoms with Crippen molar-refractivity contribution in [1.29, 1.82) is 0 Å². The average molecular weight is 734 g/mol. The number of aliphatic hydroxyl groups excluding tert-OH is 1. The Morgan fingerprint density at radius 2 is 1.76 bits per heavy atom. The topological polar surface area (TPSA) is 147 Å². The number of carbonyl (C=O) groups excluding carboxylic acids is 4. The van der Waals surface area contributed by atoms with E-state index < -0.39 is 66.1 Å². The van der Waals surface area contributed by atoms with Gasteiger partial charge < -0.3 is 29.3 Å². The number of halogens is 1. The molecule has 0 unspecified atom stereocenters. The number of para-hydroxylation sites is 1. The van der Waals surface area contributed by atoms with Crippen molar-refractivity contribution in [3.05, 3.63) is 82.9 Å². The van der Waals surface area contributed by atoms with E-state index >= 15 is 0 Å². The Hall–Kier alpha value is -4.40. The third-order valence-electron chi connectivity index (χ3n) is 10.1. The molecule has 13 nitrogen and oxygen atoms in total. The van der Waals surface area contributed by atoms with Gasteiger partial charge >= 0.3 is 5.97 Å². The molecule has 0 radical (unpaired) electrons. The number of hydrogen-bond donors (Lipinski definition) is 1. The van der Waals surface area contributed by atoms with Crippen LogP contribution in [0.15, 0.2) is 77.3 Å². The number of aliphatic hydroxyl groups is 1. The fourth-order valence-electron chi connectivity index (χ4n) is 7.61. The van der Waals surface area contributed by atoms with E-state index in [-0.39, 0.29) is 32.1 Å². The van der Waals surface area contributed by atoms with Crippen LogP contribution < -0.4 is 0 Å². The molecule has 49 heavy (non-hydrogen) atoms. The van der Waals surface area contributed by atoms with E-state index in [1.807, 2.05) is 73.7 Å². The zero-order valence-electron chi connectivity index (χ0n) is 27.1. The van der Waals surface area contributed by atoms with Crippen molar-refractivity contribution in [3.8, 4) is 0 Å². The molecule has 1 N–H and O–H groups in total. The van der Waals surface area contributed by atoms with Crippen LogP contribution in [-0.4, -0.2) is 109 Å². The van der Waals surface area contributed by atoms with Crippen LogP contribution in [0.3, 0.4) is 0 Å². The lowest BCUT2D eigenvalue weighted by Crippen LogP contribution is -2.56. The van der Waals surface area contributed by atoms with Gasteiger partial charge in [-0.3, -0.25) is 19.2 Å². The molecule has 5 bridgehead atoms. The Morgan fingerprint density at radius 1 is 1.00 bits per heavy atom. The number of allylic oxidation sites excluding steroid dienone is 1. The van der Waals surface area contributed by atoms with Gasteiger partial charge in [0.15, 0.2) is 0 Å². The van der Waals surface area contributed by atoms with E-state index in [1.54, 1.807) is 27.6 Å². The number of likely N-dealkylation sites (N-methyl/N-ethyl adjacent to an activating group) is 1. The van der Waals surface area contributed by atoms with Gasteiger partial charge in [-0.1, -0.05) is 75.8 Å². The van der Waals surface area contributed by atoms with Gasteiger partial charge in [0.1, 0.15) is 42.0 Å². The molecular formula is C35H37BrN6O7. The maximum absolute atomic E-state index is 14.8. The highest BCUT2D eigenvalue weighted by Gasteiger charge is 2.75. The third kappa shape index (κ3) is 5.55. The number of esters is 1. The predicted octanol–water partition coefficient (Wildman–Crippen LogP) is 2.56. The first-order chi connectivity index (χ1) is 23.7. The van der Waals surface area contributed by atoms with Crippen molar-refractivity contribution in [2.45, 2.75) is 56.3 Å². The minimum absolute atomic E-state index is 0.000188. The highest BCUT2D eigenvalue weighted by molar-refractivity contribution is 9.11. The van der Waals surface area contributed by atoms with Crippen LogP contribution in [0.2, 0.25) is 0 Å². The minimum atomic E-state index is -1.50. The Labute approximate surface area is 291 Å². The van der Waals surface area contributed by atoms with E-state index in [0.717, 1.165) is 0 Å². The summed E-state index contributed by atoms with van der Waals surface area (Å²) in [5, 5.41) is 18.6. The van der Waals surface area contributed by atoms with Gasteiger partial charge in [0.05, 0.1) is 24.1 Å². The lowest BCUT2D eigenvalue weighted by Gasteiger charge is -2.35. The number of hydrogen-bond acceptors (Lipinski definition) is 9. The molecule has 2 fully saturated rings. The number of aromatic nitrogens is 3. The number of β-amino-alcohol motifs (C(OH)–C–C–N with tert-alkyl or cyclic N) is 1. The zero-order chi connectivity index (χ0) is 34.4. The number of carbonyl (C=O) groups is 4. The first-order valence-corrected chi connectivity index (χ1v) is 17.2. The molecule has 3 aromatic rings. The van der Waals surface area contributed by atoms with E-state index in [4.69, 9.17) is 9.47 Å². The predicted molar refractivity (Wildman–Crippen MR) is 179 cm³/mol. The standard InChI is InChI=1S/C35H37BrN6O7/c1-21-29(22-11-5-3-6-12-22)48-34(47)27-28-32(45)41(17-18-43)31(35(28)19-23(36)30(27)49-35)33(46)40(16-10-4-7-15-26(44)39(21)2)20-42-25-14-9-8-13-24(25)37-38-42/h3-6,8-14,19,21,27-31,43H,7,15-18,20H2,1-2H3/b10-4-/t21-,27+,28-,29+,30+,31+,35-/m1/s1. The van der Waals surface area contributed by atoms with Crippen molar-refractivity contribution in [2.75, 3.05) is 26.7 Å². The second-order valence-electron chi connectivity index (χ2n) is 12.9. The van der Waals surface area contributed by atoms with Gasteiger partial charge in [-0.2, -0.15) is 0 Å². The van der Waals surface area contributed by atoms with Crippen LogP contribution in [0.1, 0.15) is 31.4 Å². The Kier molecular flexibility index (Phi) is 8.88. The average Bonchev–Trinajstić information content (AvgIpc) is 3.83. The summed E-state index contributed by atoms with van der Waals surface area (Å²) in [7, 11) is 1.68. The van der Waals surface area contributed by atoms with Crippen molar-refractivity contribution in [3.63, 3.8) is 0 Å². The molecule has 2 aromatic carbocycles. The molecule has 7 rings (SSSR count). The normalized spacial score (nSPS) is 31.3. The number of nitrogens with zero attached hydrogens (tertiary/aromatic N) is 6. The largest absolute Gasteiger partial charge is 0.455 e. The van der Waals surface area contributed by atoms with Gasteiger partial charge in [0.25, 0.3) is 5.91 Å². The molecule has 0 aliphatic carbocycles. The number of benzene rings is 2. The zero-order valence-corrected chi connectivity index (χ0v) is 28.7. The Bertz CT molecular complexity index is 1850. The van der Waals surface area contributed by atoms with Gasteiger partial charge in [0.2, 0.25) is 11.8 Å². The van der Waals surface area contributed by atoms with Crippen LogP contribution >= 0.6 is 15.9 Å². The summed E-state index contributed by atoms with van der Waals surface area (Å²) >= 11 is 3.57. The van der Waals surface area contributed by atoms with Crippen molar-refractivity contribution in [2.24, 2.45) is 11.8 Å². The summed E-state index contributed by atoms with van der Waals surface area (Å²) in [6.07, 6.45) is 4.28. The molecule has 7 atom stereocenters. The van der Waals surface area contributed by atoms with Crippen LogP contribution in [0.5, 0.6) is 0 Å². The second kappa shape index (κ2) is 13.1. The van der Waals surface area contributed by atoms with E-state index in [2.05, 4.69) is 26.2 Å². The second-order valence-corrected chi connectivity index (χ2v) is 13.8. The highest BCUT2D eigenvalue weighted by atomic mass is 79.9. The van der Waals surface area contributed by atoms with Gasteiger partial charge in [-0.05, 0) is 37.1 Å².